The van der Waals surface area contributed by atoms with Crippen LogP contribution in [0, 0.1) is 12.3 Å². The number of allylic oxidation sites excluding steroid dienone is 2. The molecule has 4 rings (SSSR count). The van der Waals surface area contributed by atoms with Crippen molar-refractivity contribution in [3.05, 3.63) is 70.6 Å². The Morgan fingerprint density at radius 2 is 1.76 bits per heavy atom. The monoisotopic (exact) mass is 332 g/mol. The maximum Gasteiger partial charge on any atom is 0.162 e. The SMILES string of the molecule is Cc1ccnc2c1[C@](C)(c1ccccc1)C1=C(CC(C)(C)CC1=O)N2. The van der Waals surface area contributed by atoms with Crippen molar-refractivity contribution in [2.75, 3.05) is 5.32 Å². The average molecular weight is 332 g/mol. The number of ketones is 1. The molecule has 2 heterocycles. The maximum atomic E-state index is 13.2. The van der Waals surface area contributed by atoms with Crippen molar-refractivity contribution in [1.29, 1.82) is 0 Å². The number of anilines is 1. The molecule has 3 heteroatoms. The van der Waals surface area contributed by atoms with Gasteiger partial charge in [-0.25, -0.2) is 4.98 Å². The first-order valence-corrected chi connectivity index (χ1v) is 8.88. The summed E-state index contributed by atoms with van der Waals surface area (Å²) < 4.78 is 0. The molecule has 1 N–H and O–H groups in total. The van der Waals surface area contributed by atoms with Crippen LogP contribution in [0.25, 0.3) is 0 Å². The van der Waals surface area contributed by atoms with Gasteiger partial charge in [0.2, 0.25) is 0 Å². The van der Waals surface area contributed by atoms with Gasteiger partial charge < -0.3 is 5.32 Å². The van der Waals surface area contributed by atoms with E-state index < -0.39 is 5.41 Å². The summed E-state index contributed by atoms with van der Waals surface area (Å²) in [6, 6.07) is 12.4. The molecule has 0 spiro atoms. The van der Waals surface area contributed by atoms with Gasteiger partial charge >= 0.3 is 0 Å². The quantitative estimate of drug-likeness (QED) is 0.818. The summed E-state index contributed by atoms with van der Waals surface area (Å²) in [6.45, 7) is 8.61. The maximum absolute atomic E-state index is 13.2. The third-order valence-electron chi connectivity index (χ3n) is 5.65. The average Bonchev–Trinajstić information content (AvgIpc) is 2.53. The summed E-state index contributed by atoms with van der Waals surface area (Å²) in [6.07, 6.45) is 3.30. The lowest BCUT2D eigenvalue weighted by Crippen LogP contribution is -2.42. The number of nitrogens with zero attached hydrogens (tertiary/aromatic N) is 1. The molecule has 2 aliphatic rings. The molecule has 25 heavy (non-hydrogen) atoms. The van der Waals surface area contributed by atoms with Crippen molar-refractivity contribution in [3.63, 3.8) is 0 Å². The first-order valence-electron chi connectivity index (χ1n) is 8.88. The lowest BCUT2D eigenvalue weighted by Gasteiger charge is -2.45. The van der Waals surface area contributed by atoms with E-state index in [1.54, 1.807) is 0 Å². The van der Waals surface area contributed by atoms with Crippen molar-refractivity contribution in [3.8, 4) is 0 Å². The molecule has 0 amide bonds. The number of aromatic nitrogens is 1. The number of aryl methyl sites for hydroxylation is 1. The van der Waals surface area contributed by atoms with Crippen molar-refractivity contribution in [2.45, 2.75) is 46.0 Å². The Balaban J connectivity index is 2.05. The van der Waals surface area contributed by atoms with Crippen LogP contribution in [0.15, 0.2) is 53.9 Å². The zero-order valence-electron chi connectivity index (χ0n) is 15.3. The van der Waals surface area contributed by atoms with Gasteiger partial charge in [0.1, 0.15) is 5.82 Å². The molecule has 1 aliphatic carbocycles. The molecule has 0 saturated carbocycles. The van der Waals surface area contributed by atoms with Gasteiger partial charge in [0.05, 0.1) is 5.41 Å². The van der Waals surface area contributed by atoms with Crippen LogP contribution in [0.1, 0.15) is 50.3 Å². The fourth-order valence-electron chi connectivity index (χ4n) is 4.62. The minimum Gasteiger partial charge on any atom is -0.343 e. The van der Waals surface area contributed by atoms with E-state index in [-0.39, 0.29) is 11.2 Å². The second-order valence-electron chi connectivity index (χ2n) is 8.26. The summed E-state index contributed by atoms with van der Waals surface area (Å²) in [4.78, 5) is 17.8. The number of carbonyl (C=O) groups is 1. The number of nitrogens with one attached hydrogen (secondary N) is 1. The van der Waals surface area contributed by atoms with E-state index in [4.69, 9.17) is 0 Å². The highest BCUT2D eigenvalue weighted by Gasteiger charge is 2.48. The summed E-state index contributed by atoms with van der Waals surface area (Å²) in [5.74, 6) is 1.13. The van der Waals surface area contributed by atoms with Crippen LogP contribution in [0.2, 0.25) is 0 Å². The molecule has 0 bridgehead atoms. The van der Waals surface area contributed by atoms with Gasteiger partial charge in [-0.3, -0.25) is 4.79 Å². The predicted molar refractivity (Wildman–Crippen MR) is 101 cm³/mol. The molecular formula is C22H24N2O. The van der Waals surface area contributed by atoms with E-state index in [1.165, 1.54) is 0 Å². The van der Waals surface area contributed by atoms with Crippen LogP contribution < -0.4 is 5.32 Å². The standard InChI is InChI=1S/C22H24N2O/c1-14-10-11-23-20-18(14)22(4,15-8-6-5-7-9-15)19-16(24-20)12-21(2,3)13-17(19)25/h5-11H,12-13H2,1-4H3,(H,23,24)/t22-/m0/s1. The third kappa shape index (κ3) is 2.33. The second kappa shape index (κ2) is 5.29. The molecule has 1 atom stereocenters. The van der Waals surface area contributed by atoms with E-state index >= 15 is 0 Å². The van der Waals surface area contributed by atoms with Gasteiger partial charge in [-0.15, -0.1) is 0 Å². The minimum atomic E-state index is -0.469. The molecule has 1 aromatic heterocycles. The Bertz CT molecular complexity index is 895. The van der Waals surface area contributed by atoms with Crippen LogP contribution in [0.4, 0.5) is 5.82 Å². The Hall–Kier alpha value is -2.42. The van der Waals surface area contributed by atoms with Gasteiger partial charge in [0, 0.05) is 29.5 Å². The molecule has 0 radical (unpaired) electrons. The summed E-state index contributed by atoms with van der Waals surface area (Å²) in [5.41, 5.74) is 4.89. The van der Waals surface area contributed by atoms with E-state index in [2.05, 4.69) is 50.1 Å². The lowest BCUT2D eigenvalue weighted by molar-refractivity contribution is -0.118. The molecular weight excluding hydrogens is 308 g/mol. The molecule has 2 aromatic rings. The zero-order chi connectivity index (χ0) is 17.8. The fourth-order valence-corrected chi connectivity index (χ4v) is 4.62. The lowest BCUT2D eigenvalue weighted by atomic mass is 9.61. The van der Waals surface area contributed by atoms with E-state index in [0.717, 1.165) is 40.2 Å². The highest BCUT2D eigenvalue weighted by atomic mass is 16.1. The van der Waals surface area contributed by atoms with E-state index in [9.17, 15) is 4.79 Å². The van der Waals surface area contributed by atoms with Crippen molar-refractivity contribution < 1.29 is 4.79 Å². The van der Waals surface area contributed by atoms with Crippen molar-refractivity contribution in [2.24, 2.45) is 5.41 Å². The Kier molecular flexibility index (Phi) is 3.40. The van der Waals surface area contributed by atoms with Gasteiger partial charge in [-0.05, 0) is 42.9 Å². The molecule has 1 aliphatic heterocycles. The topological polar surface area (TPSA) is 42.0 Å². The molecule has 0 unspecified atom stereocenters. The Labute approximate surface area is 149 Å². The predicted octanol–water partition coefficient (Wildman–Crippen LogP) is 4.76. The van der Waals surface area contributed by atoms with Crippen LogP contribution in [-0.4, -0.2) is 10.8 Å². The first kappa shape index (κ1) is 16.1. The molecule has 128 valence electrons. The van der Waals surface area contributed by atoms with Crippen LogP contribution in [-0.2, 0) is 10.2 Å². The fraction of sp³-hybridized carbons (Fsp3) is 0.364. The molecule has 1 aromatic carbocycles. The Morgan fingerprint density at radius 1 is 1.04 bits per heavy atom. The molecule has 3 nitrogen and oxygen atoms in total. The Morgan fingerprint density at radius 3 is 2.48 bits per heavy atom. The van der Waals surface area contributed by atoms with Crippen molar-refractivity contribution >= 4 is 11.6 Å². The number of rotatable bonds is 1. The first-order chi connectivity index (χ1) is 11.8. The number of benzene rings is 1. The number of pyridine rings is 1. The van der Waals surface area contributed by atoms with Crippen molar-refractivity contribution in [1.82, 2.24) is 4.98 Å². The normalized spacial score (nSPS) is 24.4. The van der Waals surface area contributed by atoms with Gasteiger partial charge in [0.15, 0.2) is 5.78 Å². The van der Waals surface area contributed by atoms with Gasteiger partial charge in [-0.1, -0.05) is 44.2 Å². The summed E-state index contributed by atoms with van der Waals surface area (Å²) >= 11 is 0. The number of fused-ring (bicyclic) bond motifs is 1. The number of Topliss-reactive ketones (excluding diaryl/α,β-unsaturated/α-hetero) is 1. The number of carbonyl (C=O) groups excluding carboxylic acids is 1. The van der Waals surface area contributed by atoms with Gasteiger partial charge in [-0.2, -0.15) is 0 Å². The minimum absolute atomic E-state index is 0.0259. The number of hydrogen-bond donors (Lipinski definition) is 1. The largest absolute Gasteiger partial charge is 0.343 e. The van der Waals surface area contributed by atoms with E-state index in [0.29, 0.717) is 6.42 Å². The van der Waals surface area contributed by atoms with Crippen LogP contribution in [0.3, 0.4) is 0 Å². The van der Waals surface area contributed by atoms with Crippen LogP contribution >= 0.6 is 0 Å². The number of hydrogen-bond acceptors (Lipinski definition) is 3. The van der Waals surface area contributed by atoms with E-state index in [1.807, 2.05) is 30.5 Å². The molecule has 0 saturated heterocycles. The highest BCUT2D eigenvalue weighted by molar-refractivity contribution is 6.02. The smallest absolute Gasteiger partial charge is 0.162 e. The summed E-state index contributed by atoms with van der Waals surface area (Å²) in [5, 5.41) is 3.50. The third-order valence-corrected chi connectivity index (χ3v) is 5.65. The second-order valence-corrected chi connectivity index (χ2v) is 8.26. The summed E-state index contributed by atoms with van der Waals surface area (Å²) in [7, 11) is 0. The van der Waals surface area contributed by atoms with Crippen LogP contribution in [0.5, 0.6) is 0 Å². The molecule has 0 fully saturated rings. The highest BCUT2D eigenvalue weighted by Crippen LogP contribution is 2.52. The van der Waals surface area contributed by atoms with Gasteiger partial charge in [0.25, 0.3) is 0 Å². The zero-order valence-corrected chi connectivity index (χ0v) is 15.3.